The molecule has 0 atom stereocenters. The Kier molecular flexibility index (Phi) is 11.0. The van der Waals surface area contributed by atoms with Crippen molar-refractivity contribution in [3.8, 4) is 11.1 Å². The molecule has 3 heteroatoms. The first-order valence-electron chi connectivity index (χ1n) is 15.5. The average molecular weight is 699 g/mol. The molecule has 4 aromatic carbocycles. The molecule has 6 rings (SSSR count). The van der Waals surface area contributed by atoms with E-state index in [-0.39, 0.29) is 35.6 Å². The van der Waals surface area contributed by atoms with E-state index in [1.165, 1.54) is 33.4 Å². The molecule has 4 aromatic rings. The first kappa shape index (κ1) is 34.6. The van der Waals surface area contributed by atoms with Crippen LogP contribution in [0.15, 0.2) is 119 Å². The van der Waals surface area contributed by atoms with Gasteiger partial charge in [0.15, 0.2) is 0 Å². The van der Waals surface area contributed by atoms with Gasteiger partial charge in [-0.2, -0.15) is 0 Å². The summed E-state index contributed by atoms with van der Waals surface area (Å²) >= 11 is -2.49. The van der Waals surface area contributed by atoms with Gasteiger partial charge in [0.05, 0.1) is 0 Å². The number of hydrogen-bond donors (Lipinski definition) is 0. The van der Waals surface area contributed by atoms with Crippen LogP contribution in [0.25, 0.3) is 11.1 Å². The number of benzene rings is 4. The quantitative estimate of drug-likeness (QED) is 0.279. The van der Waals surface area contributed by atoms with Gasteiger partial charge < -0.3 is 24.8 Å². The molecular formula is C41H44Cl2Zr. The molecule has 0 spiro atoms. The largest absolute Gasteiger partial charge is 1.00 e. The van der Waals surface area contributed by atoms with Gasteiger partial charge in [-0.3, -0.25) is 0 Å². The topological polar surface area (TPSA) is 0 Å². The molecule has 0 bridgehead atoms. The van der Waals surface area contributed by atoms with Gasteiger partial charge >= 0.3 is 263 Å². The molecule has 0 fully saturated rings. The monoisotopic (exact) mass is 696 g/mol. The van der Waals surface area contributed by atoms with E-state index in [0.717, 1.165) is 19.3 Å². The van der Waals surface area contributed by atoms with Gasteiger partial charge in [0, 0.05) is 0 Å². The van der Waals surface area contributed by atoms with E-state index in [4.69, 9.17) is 0 Å². The van der Waals surface area contributed by atoms with Crippen LogP contribution in [0.2, 0.25) is 0 Å². The Hall–Kier alpha value is -2.31. The first-order chi connectivity index (χ1) is 20.1. The smallest absolute Gasteiger partial charge is 1.00 e. The van der Waals surface area contributed by atoms with Crippen molar-refractivity contribution in [1.82, 2.24) is 0 Å². The molecular weight excluding hydrogens is 655 g/mol. The van der Waals surface area contributed by atoms with Crippen LogP contribution in [-0.2, 0) is 44.9 Å². The number of hydrogen-bond acceptors (Lipinski definition) is 0. The van der Waals surface area contributed by atoms with Crippen LogP contribution >= 0.6 is 0 Å². The van der Waals surface area contributed by atoms with Gasteiger partial charge in [0.2, 0.25) is 0 Å². The molecule has 0 heterocycles. The Labute approximate surface area is 285 Å². The van der Waals surface area contributed by atoms with Crippen LogP contribution in [0.1, 0.15) is 85.0 Å². The van der Waals surface area contributed by atoms with Crippen molar-refractivity contribution in [3.05, 3.63) is 152 Å². The van der Waals surface area contributed by atoms with Crippen LogP contribution < -0.4 is 24.8 Å². The van der Waals surface area contributed by atoms with E-state index in [1.54, 1.807) is 17.6 Å². The van der Waals surface area contributed by atoms with Gasteiger partial charge in [-0.25, -0.2) is 0 Å². The fourth-order valence-corrected chi connectivity index (χ4v) is 15.9. The molecule has 0 saturated heterocycles. The standard InChI is InChI=1S/C21H25.C15H14.C5H5.2ClH.Zr/c1-20(2,3)16-9-7-14-11-15-8-10-17(21(4,5)6)13-19(15)18(14)12-16;1-3-8-14(9-4-1)12-7-13-15-10-5-2-6-11-15;1-2-4-5-3-1;;;/h7-13H,1-6H3;1-6,8-11H,12-13H2;1-3H,4H2;2*1H;/q;;;;;+2/p-2. The molecule has 0 radical (unpaired) electrons. The normalized spacial score (nSPS) is 13.6. The summed E-state index contributed by atoms with van der Waals surface area (Å²) in [6.07, 6.45) is 10.5. The Morgan fingerprint density at radius 2 is 1.09 bits per heavy atom. The zero-order valence-corrected chi connectivity index (χ0v) is 30.9. The molecule has 0 nitrogen and oxygen atoms in total. The Bertz CT molecular complexity index is 1590. The number of fused-ring (bicyclic) bond motifs is 3. The maximum atomic E-state index is 2.54. The van der Waals surface area contributed by atoms with Crippen molar-refractivity contribution in [2.75, 3.05) is 0 Å². The third kappa shape index (κ3) is 7.22. The molecule has 0 amide bonds. The van der Waals surface area contributed by atoms with Crippen molar-refractivity contribution in [2.24, 2.45) is 0 Å². The maximum Gasteiger partial charge on any atom is -1.00 e. The predicted octanol–water partition coefficient (Wildman–Crippen LogP) is 4.48. The van der Waals surface area contributed by atoms with Crippen molar-refractivity contribution < 1.29 is 46.1 Å². The Morgan fingerprint density at radius 1 is 0.636 bits per heavy atom. The minimum Gasteiger partial charge on any atom is -1.00 e. The minimum absolute atomic E-state index is 0. The van der Waals surface area contributed by atoms with E-state index >= 15 is 0 Å². The van der Waals surface area contributed by atoms with Crippen LogP contribution in [-0.4, -0.2) is 3.21 Å². The summed E-state index contributed by atoms with van der Waals surface area (Å²) in [5.74, 6) is 0. The van der Waals surface area contributed by atoms with Crippen molar-refractivity contribution >= 4 is 3.21 Å². The molecule has 0 unspecified atom stereocenters. The summed E-state index contributed by atoms with van der Waals surface area (Å²) in [4.78, 5) is 0. The van der Waals surface area contributed by atoms with Gasteiger partial charge in [-0.15, -0.1) is 0 Å². The van der Waals surface area contributed by atoms with E-state index in [0.29, 0.717) is 3.63 Å². The zero-order chi connectivity index (χ0) is 29.5. The summed E-state index contributed by atoms with van der Waals surface area (Å²) in [6, 6.07) is 37.4. The SMILES string of the molecule is CC(C)(C)c1ccc2c(c1)-c1cc(C(C)(C)C)ccc1[CH]2[Zr+2]([C]1=CC=CC1)=[C](Cc1ccccc1)Cc1ccccc1.[Cl-].[Cl-]. The van der Waals surface area contributed by atoms with Crippen LogP contribution in [0.3, 0.4) is 0 Å². The Morgan fingerprint density at radius 3 is 1.48 bits per heavy atom. The minimum atomic E-state index is -2.49. The van der Waals surface area contributed by atoms with Gasteiger partial charge in [-0.05, 0) is 0 Å². The third-order valence-electron chi connectivity index (χ3n) is 9.06. The molecule has 0 N–H and O–H groups in total. The van der Waals surface area contributed by atoms with Crippen LogP contribution in [0.4, 0.5) is 0 Å². The maximum absolute atomic E-state index is 2.54. The second-order valence-corrected chi connectivity index (χ2v) is 21.0. The van der Waals surface area contributed by atoms with Gasteiger partial charge in [0.1, 0.15) is 0 Å². The van der Waals surface area contributed by atoms with Crippen molar-refractivity contribution in [1.29, 1.82) is 0 Å². The summed E-state index contributed by atoms with van der Waals surface area (Å²) in [6.45, 7) is 14.1. The predicted molar refractivity (Wildman–Crippen MR) is 178 cm³/mol. The molecule has 2 aliphatic rings. The molecule has 0 saturated carbocycles. The molecule has 0 aliphatic heterocycles. The summed E-state index contributed by atoms with van der Waals surface area (Å²) in [7, 11) is 0. The third-order valence-corrected chi connectivity index (χ3v) is 17.4. The van der Waals surface area contributed by atoms with E-state index in [1.807, 2.05) is 0 Å². The fraction of sp³-hybridized carbons (Fsp3) is 0.293. The van der Waals surface area contributed by atoms with Crippen LogP contribution in [0, 0.1) is 0 Å². The summed E-state index contributed by atoms with van der Waals surface area (Å²) < 4.78 is 4.03. The second-order valence-electron chi connectivity index (χ2n) is 14.2. The van der Waals surface area contributed by atoms with Gasteiger partial charge in [0.25, 0.3) is 0 Å². The summed E-state index contributed by atoms with van der Waals surface area (Å²) in [5, 5.41) is 0. The second kappa shape index (κ2) is 14.0. The van der Waals surface area contributed by atoms with Crippen molar-refractivity contribution in [2.45, 2.75) is 75.3 Å². The molecule has 0 aromatic heterocycles. The zero-order valence-electron chi connectivity index (χ0n) is 26.9. The molecule has 2 aliphatic carbocycles. The first-order valence-corrected chi connectivity index (χ1v) is 19.4. The number of halogens is 2. The van der Waals surface area contributed by atoms with E-state index < -0.39 is 21.3 Å². The molecule has 226 valence electrons. The fourth-order valence-electron chi connectivity index (χ4n) is 6.70. The van der Waals surface area contributed by atoms with E-state index in [2.05, 4.69) is 157 Å². The van der Waals surface area contributed by atoms with Gasteiger partial charge in [-0.1, -0.05) is 0 Å². The average Bonchev–Trinajstić information content (AvgIpc) is 3.60. The number of allylic oxidation sites excluding steroid dienone is 4. The molecule has 44 heavy (non-hydrogen) atoms. The summed E-state index contributed by atoms with van der Waals surface area (Å²) in [5.41, 5.74) is 12.1. The van der Waals surface area contributed by atoms with Crippen LogP contribution in [0.5, 0.6) is 0 Å². The van der Waals surface area contributed by atoms with Crippen molar-refractivity contribution in [3.63, 3.8) is 0 Å². The van der Waals surface area contributed by atoms with E-state index in [9.17, 15) is 0 Å². The number of rotatable bonds is 6. The Balaban J connectivity index is 0.00000221.